The third-order valence-corrected chi connectivity index (χ3v) is 4.49. The second-order valence-corrected chi connectivity index (χ2v) is 7.61. The van der Waals surface area contributed by atoms with Gasteiger partial charge in [0.25, 0.3) is 0 Å². The molecular formula is C18H25NS. The van der Waals surface area contributed by atoms with E-state index in [1.807, 2.05) is 11.3 Å². The van der Waals surface area contributed by atoms with E-state index in [1.165, 1.54) is 10.4 Å². The smallest absolute Gasteiger partial charge is 0.0391 e. The maximum Gasteiger partial charge on any atom is 0.0391 e. The van der Waals surface area contributed by atoms with Gasteiger partial charge in [0.05, 0.1) is 0 Å². The largest absolute Gasteiger partial charge is 0.303 e. The quantitative estimate of drug-likeness (QED) is 0.757. The fraction of sp³-hybridized carbons (Fsp3) is 0.444. The van der Waals surface area contributed by atoms with Crippen LogP contribution in [-0.4, -0.2) is 0 Å². The first kappa shape index (κ1) is 15.3. The highest BCUT2D eigenvalue weighted by Gasteiger charge is 2.22. The van der Waals surface area contributed by atoms with Crippen LogP contribution in [0.15, 0.2) is 47.8 Å². The second kappa shape index (κ2) is 6.55. The Labute approximate surface area is 127 Å². The van der Waals surface area contributed by atoms with Crippen molar-refractivity contribution >= 4 is 11.3 Å². The Balaban J connectivity index is 2.15. The Bertz CT molecular complexity index is 496. The molecule has 0 amide bonds. The van der Waals surface area contributed by atoms with Crippen LogP contribution in [0.1, 0.15) is 56.6 Å². The standard InChI is InChI=1S/C18H25NS/c1-14(17-11-8-12-20-17)19-16(13-18(2,3)4)15-9-6-5-7-10-15/h5-12,14,16,19H,13H2,1-4H3. The van der Waals surface area contributed by atoms with Gasteiger partial charge in [-0.25, -0.2) is 0 Å². The van der Waals surface area contributed by atoms with Gasteiger partial charge in [0.1, 0.15) is 0 Å². The van der Waals surface area contributed by atoms with Crippen LogP contribution in [0.3, 0.4) is 0 Å². The first-order chi connectivity index (χ1) is 9.46. The van der Waals surface area contributed by atoms with Gasteiger partial charge in [-0.1, -0.05) is 57.2 Å². The number of thiophene rings is 1. The Kier molecular flexibility index (Phi) is 5.00. The van der Waals surface area contributed by atoms with E-state index < -0.39 is 0 Å². The molecule has 1 heterocycles. The third-order valence-electron chi connectivity index (χ3n) is 3.44. The van der Waals surface area contributed by atoms with Gasteiger partial charge < -0.3 is 5.32 Å². The van der Waals surface area contributed by atoms with Crippen LogP contribution in [0.5, 0.6) is 0 Å². The summed E-state index contributed by atoms with van der Waals surface area (Å²) in [6, 6.07) is 15.9. The molecule has 0 spiro atoms. The first-order valence-corrected chi connectivity index (χ1v) is 8.18. The van der Waals surface area contributed by atoms with Gasteiger partial charge in [-0.3, -0.25) is 0 Å². The Morgan fingerprint density at radius 1 is 1.05 bits per heavy atom. The number of hydrogen-bond donors (Lipinski definition) is 1. The number of rotatable bonds is 5. The van der Waals surface area contributed by atoms with Crippen molar-refractivity contribution in [2.24, 2.45) is 5.41 Å². The average Bonchev–Trinajstić information content (AvgIpc) is 2.91. The predicted octanol–water partition coefficient (Wildman–Crippen LogP) is 5.58. The summed E-state index contributed by atoms with van der Waals surface area (Å²) in [5.74, 6) is 0. The molecule has 2 rings (SSSR count). The topological polar surface area (TPSA) is 12.0 Å². The number of nitrogens with one attached hydrogen (secondary N) is 1. The molecule has 2 atom stereocenters. The average molecular weight is 287 g/mol. The maximum atomic E-state index is 3.80. The van der Waals surface area contributed by atoms with Gasteiger partial charge in [0, 0.05) is 17.0 Å². The zero-order valence-corrected chi connectivity index (χ0v) is 13.7. The molecule has 1 aromatic heterocycles. The van der Waals surface area contributed by atoms with E-state index in [1.54, 1.807) is 0 Å². The molecule has 2 aromatic rings. The molecule has 0 fully saturated rings. The van der Waals surface area contributed by atoms with Crippen molar-refractivity contribution in [2.75, 3.05) is 0 Å². The highest BCUT2D eigenvalue weighted by molar-refractivity contribution is 7.10. The summed E-state index contributed by atoms with van der Waals surface area (Å²) in [5, 5.41) is 5.95. The minimum absolute atomic E-state index is 0.308. The zero-order valence-electron chi connectivity index (χ0n) is 12.9. The van der Waals surface area contributed by atoms with Crippen molar-refractivity contribution in [1.82, 2.24) is 5.32 Å². The van der Waals surface area contributed by atoms with Crippen molar-refractivity contribution in [2.45, 2.75) is 46.2 Å². The zero-order chi connectivity index (χ0) is 14.6. The molecule has 1 nitrogen and oxygen atoms in total. The molecule has 0 aliphatic rings. The van der Waals surface area contributed by atoms with Crippen LogP contribution in [0.25, 0.3) is 0 Å². The van der Waals surface area contributed by atoms with Crippen LogP contribution in [-0.2, 0) is 0 Å². The minimum Gasteiger partial charge on any atom is -0.303 e. The van der Waals surface area contributed by atoms with Crippen LogP contribution in [0, 0.1) is 5.41 Å². The van der Waals surface area contributed by atoms with Crippen LogP contribution >= 0.6 is 11.3 Å². The first-order valence-electron chi connectivity index (χ1n) is 7.30. The van der Waals surface area contributed by atoms with Gasteiger partial charge in [-0.05, 0) is 35.8 Å². The maximum absolute atomic E-state index is 3.80. The van der Waals surface area contributed by atoms with E-state index in [0.717, 1.165) is 6.42 Å². The fourth-order valence-corrected chi connectivity index (χ4v) is 3.24. The van der Waals surface area contributed by atoms with Crippen LogP contribution in [0.2, 0.25) is 0 Å². The SMILES string of the molecule is CC(NC(CC(C)(C)C)c1ccccc1)c1cccs1. The van der Waals surface area contributed by atoms with Gasteiger partial charge in [-0.2, -0.15) is 0 Å². The monoisotopic (exact) mass is 287 g/mol. The molecule has 0 bridgehead atoms. The molecule has 1 aromatic carbocycles. The molecule has 1 N–H and O–H groups in total. The molecule has 0 saturated carbocycles. The second-order valence-electron chi connectivity index (χ2n) is 6.63. The Morgan fingerprint density at radius 2 is 1.75 bits per heavy atom. The molecule has 2 heteroatoms. The van der Waals surface area contributed by atoms with E-state index in [4.69, 9.17) is 0 Å². The molecule has 0 aliphatic carbocycles. The number of benzene rings is 1. The van der Waals surface area contributed by atoms with Crippen molar-refractivity contribution < 1.29 is 0 Å². The predicted molar refractivity (Wildman–Crippen MR) is 89.1 cm³/mol. The number of hydrogen-bond acceptors (Lipinski definition) is 2. The molecule has 2 unspecified atom stereocenters. The van der Waals surface area contributed by atoms with Crippen LogP contribution < -0.4 is 5.32 Å². The Morgan fingerprint density at radius 3 is 2.30 bits per heavy atom. The summed E-state index contributed by atoms with van der Waals surface area (Å²) in [6.45, 7) is 9.17. The summed E-state index contributed by atoms with van der Waals surface area (Å²) < 4.78 is 0. The van der Waals surface area contributed by atoms with Gasteiger partial charge >= 0.3 is 0 Å². The molecule has 0 saturated heterocycles. The lowest BCUT2D eigenvalue weighted by Gasteiger charge is -2.29. The molecule has 20 heavy (non-hydrogen) atoms. The molecule has 0 aliphatic heterocycles. The van der Waals surface area contributed by atoms with E-state index in [0.29, 0.717) is 17.5 Å². The molecule has 108 valence electrons. The van der Waals surface area contributed by atoms with E-state index in [-0.39, 0.29) is 0 Å². The van der Waals surface area contributed by atoms with E-state index in [9.17, 15) is 0 Å². The molecule has 0 radical (unpaired) electrons. The summed E-state index contributed by atoms with van der Waals surface area (Å²) in [5.41, 5.74) is 1.69. The lowest BCUT2D eigenvalue weighted by atomic mass is 9.85. The highest BCUT2D eigenvalue weighted by atomic mass is 32.1. The Hall–Kier alpha value is -1.12. The molecular weight excluding hydrogens is 262 g/mol. The van der Waals surface area contributed by atoms with Gasteiger partial charge in [0.15, 0.2) is 0 Å². The fourth-order valence-electron chi connectivity index (χ4n) is 2.49. The highest BCUT2D eigenvalue weighted by Crippen LogP contribution is 2.32. The van der Waals surface area contributed by atoms with Crippen LogP contribution in [0.4, 0.5) is 0 Å². The summed E-state index contributed by atoms with van der Waals surface area (Å²) >= 11 is 1.82. The third kappa shape index (κ3) is 4.46. The normalized spacial score (nSPS) is 15.0. The van der Waals surface area contributed by atoms with Crippen molar-refractivity contribution in [3.8, 4) is 0 Å². The van der Waals surface area contributed by atoms with E-state index in [2.05, 4.69) is 80.9 Å². The minimum atomic E-state index is 0.308. The summed E-state index contributed by atoms with van der Waals surface area (Å²) in [4.78, 5) is 1.40. The summed E-state index contributed by atoms with van der Waals surface area (Å²) in [7, 11) is 0. The van der Waals surface area contributed by atoms with Crippen molar-refractivity contribution in [3.05, 3.63) is 58.3 Å². The van der Waals surface area contributed by atoms with Crippen molar-refractivity contribution in [1.29, 1.82) is 0 Å². The van der Waals surface area contributed by atoms with Crippen molar-refractivity contribution in [3.63, 3.8) is 0 Å². The van der Waals surface area contributed by atoms with Gasteiger partial charge in [-0.15, -0.1) is 11.3 Å². The van der Waals surface area contributed by atoms with Gasteiger partial charge in [0.2, 0.25) is 0 Å². The lowest BCUT2D eigenvalue weighted by molar-refractivity contribution is 0.298. The summed E-state index contributed by atoms with van der Waals surface area (Å²) in [6.07, 6.45) is 1.13. The van der Waals surface area contributed by atoms with E-state index >= 15 is 0 Å². The lowest BCUT2D eigenvalue weighted by Crippen LogP contribution is -2.27.